The van der Waals surface area contributed by atoms with Crippen molar-refractivity contribution in [3.8, 4) is 0 Å². The molecule has 0 aromatic heterocycles. The molecule has 0 aromatic carbocycles. The van der Waals surface area contributed by atoms with Gasteiger partial charge in [0.25, 0.3) is 0 Å². The molecule has 1 aliphatic heterocycles. The van der Waals surface area contributed by atoms with Gasteiger partial charge in [0.2, 0.25) is 0 Å². The summed E-state index contributed by atoms with van der Waals surface area (Å²) in [7, 11) is 0. The first-order valence-electron chi connectivity index (χ1n) is 6.68. The van der Waals surface area contributed by atoms with Gasteiger partial charge in [0.15, 0.2) is 0 Å². The maximum absolute atomic E-state index is 6.19. The minimum Gasteiger partial charge on any atom is -0.381 e. The Labute approximate surface area is 99.1 Å². The van der Waals surface area contributed by atoms with Crippen LogP contribution in [-0.2, 0) is 4.74 Å². The molecule has 3 nitrogen and oxygen atoms in total. The van der Waals surface area contributed by atoms with Gasteiger partial charge in [-0.2, -0.15) is 0 Å². The quantitative estimate of drug-likeness (QED) is 0.764. The van der Waals surface area contributed by atoms with E-state index in [9.17, 15) is 0 Å². The number of nitrogens with one attached hydrogen (secondary N) is 1. The Morgan fingerprint density at radius 2 is 2.31 bits per heavy atom. The van der Waals surface area contributed by atoms with Crippen molar-refractivity contribution < 1.29 is 4.74 Å². The van der Waals surface area contributed by atoms with E-state index in [0.717, 1.165) is 19.8 Å². The van der Waals surface area contributed by atoms with Crippen molar-refractivity contribution in [2.24, 2.45) is 17.1 Å². The van der Waals surface area contributed by atoms with Crippen molar-refractivity contribution in [3.63, 3.8) is 0 Å². The molecule has 0 amide bonds. The van der Waals surface area contributed by atoms with Crippen LogP contribution in [0.3, 0.4) is 0 Å². The summed E-state index contributed by atoms with van der Waals surface area (Å²) >= 11 is 0. The largest absolute Gasteiger partial charge is 0.381 e. The fourth-order valence-electron chi connectivity index (χ4n) is 2.99. The van der Waals surface area contributed by atoms with E-state index in [1.165, 1.54) is 25.7 Å². The van der Waals surface area contributed by atoms with Crippen molar-refractivity contribution in [3.05, 3.63) is 0 Å². The van der Waals surface area contributed by atoms with Gasteiger partial charge in [-0.1, -0.05) is 13.3 Å². The second kappa shape index (κ2) is 5.03. The molecule has 2 aliphatic rings. The highest BCUT2D eigenvalue weighted by Crippen LogP contribution is 2.36. The lowest BCUT2D eigenvalue weighted by molar-refractivity contribution is 0.174. The topological polar surface area (TPSA) is 47.3 Å². The van der Waals surface area contributed by atoms with Gasteiger partial charge < -0.3 is 15.8 Å². The van der Waals surface area contributed by atoms with Gasteiger partial charge in [-0.3, -0.25) is 0 Å². The first-order valence-corrected chi connectivity index (χ1v) is 6.68. The SMILES string of the molecule is CC(NCC1(C)CCCC1N)C1CCOC1. The third-order valence-electron chi connectivity index (χ3n) is 4.66. The molecule has 16 heavy (non-hydrogen) atoms. The van der Waals surface area contributed by atoms with Crippen molar-refractivity contribution >= 4 is 0 Å². The molecule has 2 fully saturated rings. The standard InChI is InChI=1S/C13H26N2O/c1-10(11-5-7-16-8-11)15-9-13(2)6-3-4-12(13)14/h10-12,15H,3-9,14H2,1-2H3. The van der Waals surface area contributed by atoms with Gasteiger partial charge in [-0.15, -0.1) is 0 Å². The molecule has 1 saturated heterocycles. The Morgan fingerprint density at radius 1 is 1.50 bits per heavy atom. The first-order chi connectivity index (χ1) is 7.62. The summed E-state index contributed by atoms with van der Waals surface area (Å²) in [4.78, 5) is 0. The van der Waals surface area contributed by atoms with Crippen molar-refractivity contribution in [1.29, 1.82) is 0 Å². The smallest absolute Gasteiger partial charge is 0.0509 e. The Balaban J connectivity index is 1.77. The molecule has 4 atom stereocenters. The predicted molar refractivity (Wildman–Crippen MR) is 66.3 cm³/mol. The van der Waals surface area contributed by atoms with Crippen LogP contribution < -0.4 is 11.1 Å². The summed E-state index contributed by atoms with van der Waals surface area (Å²) in [6.45, 7) is 7.54. The van der Waals surface area contributed by atoms with Gasteiger partial charge in [0.05, 0.1) is 6.61 Å². The maximum Gasteiger partial charge on any atom is 0.0509 e. The zero-order valence-corrected chi connectivity index (χ0v) is 10.7. The van der Waals surface area contributed by atoms with Crippen LogP contribution in [0, 0.1) is 11.3 Å². The van der Waals surface area contributed by atoms with E-state index < -0.39 is 0 Å². The molecule has 0 radical (unpaired) electrons. The molecule has 3 heteroatoms. The van der Waals surface area contributed by atoms with Gasteiger partial charge in [-0.25, -0.2) is 0 Å². The van der Waals surface area contributed by atoms with Crippen LogP contribution in [-0.4, -0.2) is 31.8 Å². The van der Waals surface area contributed by atoms with Gasteiger partial charge in [-0.05, 0) is 37.5 Å². The summed E-state index contributed by atoms with van der Waals surface area (Å²) in [5.74, 6) is 0.696. The van der Waals surface area contributed by atoms with Gasteiger partial charge in [0.1, 0.15) is 0 Å². The van der Waals surface area contributed by atoms with Crippen LogP contribution in [0.5, 0.6) is 0 Å². The van der Waals surface area contributed by atoms with Crippen LogP contribution in [0.4, 0.5) is 0 Å². The van der Waals surface area contributed by atoms with Crippen molar-refractivity contribution in [1.82, 2.24) is 5.32 Å². The molecule has 1 aliphatic carbocycles. The average molecular weight is 226 g/mol. The lowest BCUT2D eigenvalue weighted by atomic mass is 9.84. The molecule has 3 N–H and O–H groups in total. The molecule has 0 bridgehead atoms. The summed E-state index contributed by atoms with van der Waals surface area (Å²) in [6.07, 6.45) is 4.96. The number of nitrogens with two attached hydrogens (primary N) is 1. The van der Waals surface area contributed by atoms with Gasteiger partial charge >= 0.3 is 0 Å². The Kier molecular flexibility index (Phi) is 3.88. The third-order valence-corrected chi connectivity index (χ3v) is 4.66. The summed E-state index contributed by atoms with van der Waals surface area (Å²) in [5, 5.41) is 3.68. The predicted octanol–water partition coefficient (Wildman–Crippen LogP) is 1.52. The van der Waals surface area contributed by atoms with Crippen LogP contribution in [0.15, 0.2) is 0 Å². The van der Waals surface area contributed by atoms with Gasteiger partial charge in [0, 0.05) is 25.2 Å². The van der Waals surface area contributed by atoms with E-state index in [2.05, 4.69) is 19.2 Å². The molecule has 94 valence electrons. The Morgan fingerprint density at radius 3 is 2.88 bits per heavy atom. The highest BCUT2D eigenvalue weighted by atomic mass is 16.5. The van der Waals surface area contributed by atoms with Crippen LogP contribution in [0.25, 0.3) is 0 Å². The fraction of sp³-hybridized carbons (Fsp3) is 1.00. The van der Waals surface area contributed by atoms with E-state index in [0.29, 0.717) is 23.4 Å². The molecule has 0 aromatic rings. The fourth-order valence-corrected chi connectivity index (χ4v) is 2.99. The second-order valence-corrected chi connectivity index (χ2v) is 5.95. The third kappa shape index (κ3) is 2.58. The summed E-state index contributed by atoms with van der Waals surface area (Å²) in [6, 6.07) is 0.944. The lowest BCUT2D eigenvalue weighted by Crippen LogP contribution is -2.46. The Hall–Kier alpha value is -0.120. The summed E-state index contributed by atoms with van der Waals surface area (Å²) < 4.78 is 5.43. The molecule has 0 spiro atoms. The zero-order chi connectivity index (χ0) is 11.6. The van der Waals surface area contributed by atoms with E-state index in [1.807, 2.05) is 0 Å². The van der Waals surface area contributed by atoms with E-state index in [-0.39, 0.29) is 0 Å². The number of hydrogen-bond donors (Lipinski definition) is 2. The van der Waals surface area contributed by atoms with Crippen LogP contribution in [0.1, 0.15) is 39.5 Å². The molecular weight excluding hydrogens is 200 g/mol. The summed E-state index contributed by atoms with van der Waals surface area (Å²) in [5.41, 5.74) is 6.50. The van der Waals surface area contributed by atoms with Crippen LogP contribution in [0.2, 0.25) is 0 Å². The van der Waals surface area contributed by atoms with E-state index >= 15 is 0 Å². The molecule has 2 rings (SSSR count). The first kappa shape index (κ1) is 12.3. The lowest BCUT2D eigenvalue weighted by Gasteiger charge is -2.32. The Bertz CT molecular complexity index is 228. The maximum atomic E-state index is 6.19. The molecule has 1 saturated carbocycles. The normalized spacial score (nSPS) is 41.4. The van der Waals surface area contributed by atoms with Crippen molar-refractivity contribution in [2.75, 3.05) is 19.8 Å². The van der Waals surface area contributed by atoms with E-state index in [1.54, 1.807) is 0 Å². The van der Waals surface area contributed by atoms with Crippen molar-refractivity contribution in [2.45, 2.75) is 51.6 Å². The molecular formula is C13H26N2O. The number of rotatable bonds is 4. The monoisotopic (exact) mass is 226 g/mol. The highest BCUT2D eigenvalue weighted by Gasteiger charge is 2.36. The second-order valence-electron chi connectivity index (χ2n) is 5.95. The minimum absolute atomic E-state index is 0.313. The average Bonchev–Trinajstić information content (AvgIpc) is 2.87. The zero-order valence-electron chi connectivity index (χ0n) is 10.7. The number of hydrogen-bond acceptors (Lipinski definition) is 3. The van der Waals surface area contributed by atoms with Crippen LogP contribution >= 0.6 is 0 Å². The highest BCUT2D eigenvalue weighted by molar-refractivity contribution is 4.93. The minimum atomic E-state index is 0.313. The molecule has 4 unspecified atom stereocenters. The van der Waals surface area contributed by atoms with E-state index in [4.69, 9.17) is 10.5 Å². The number of ether oxygens (including phenoxy) is 1. The molecule has 1 heterocycles.